The number of piperidine rings is 1. The van der Waals surface area contributed by atoms with E-state index in [0.29, 0.717) is 24.0 Å². The van der Waals surface area contributed by atoms with Gasteiger partial charge in [0.2, 0.25) is 0 Å². The number of nitrogens with one attached hydrogen (secondary N) is 1. The quantitative estimate of drug-likeness (QED) is 0.868. The molecule has 1 aromatic carbocycles. The molecule has 0 aliphatic carbocycles. The molecule has 2 amide bonds. The van der Waals surface area contributed by atoms with Crippen LogP contribution in [0.25, 0.3) is 0 Å². The summed E-state index contributed by atoms with van der Waals surface area (Å²) in [5, 5.41) is 2.95. The average Bonchev–Trinajstić information content (AvgIpc) is 2.53. The predicted octanol–water partition coefficient (Wildman–Crippen LogP) is 2.85. The number of rotatable bonds is 6. The molecule has 1 aromatic rings. The summed E-state index contributed by atoms with van der Waals surface area (Å²) in [6.45, 7) is 4.30. The van der Waals surface area contributed by atoms with E-state index in [4.69, 9.17) is 4.74 Å². The molecule has 0 unspecified atom stereocenters. The van der Waals surface area contributed by atoms with Crippen LogP contribution in [0.5, 0.6) is 0 Å². The molecule has 6 heteroatoms. The third-order valence-electron chi connectivity index (χ3n) is 3.97. The molecule has 0 bridgehead atoms. The van der Waals surface area contributed by atoms with Crippen LogP contribution in [-0.2, 0) is 21.3 Å². The zero-order valence-electron chi connectivity index (χ0n) is 13.9. The third-order valence-corrected chi connectivity index (χ3v) is 5.24. The molecule has 1 heterocycles. The molecule has 0 saturated carbocycles. The maximum absolute atomic E-state index is 12.3. The van der Waals surface area contributed by atoms with Gasteiger partial charge in [0.05, 0.1) is 6.61 Å². The number of hydrogen-bond acceptors (Lipinski definition) is 3. The Labute approximate surface area is 140 Å². The van der Waals surface area contributed by atoms with Gasteiger partial charge in [-0.05, 0) is 36.5 Å². The molecule has 0 aromatic heterocycles. The van der Waals surface area contributed by atoms with Gasteiger partial charge in [0, 0.05) is 48.2 Å². The lowest BCUT2D eigenvalue weighted by Gasteiger charge is -2.31. The van der Waals surface area contributed by atoms with Crippen LogP contribution < -0.4 is 5.32 Å². The van der Waals surface area contributed by atoms with Crippen LogP contribution in [0.1, 0.15) is 25.3 Å². The minimum Gasteiger partial charge on any atom is -0.384 e. The second-order valence-corrected chi connectivity index (χ2v) is 7.68. The van der Waals surface area contributed by atoms with Gasteiger partial charge < -0.3 is 15.0 Å². The fourth-order valence-electron chi connectivity index (χ4n) is 2.75. The molecule has 1 fully saturated rings. The molecule has 128 valence electrons. The van der Waals surface area contributed by atoms with Gasteiger partial charge in [-0.25, -0.2) is 4.79 Å². The summed E-state index contributed by atoms with van der Waals surface area (Å²) < 4.78 is 16.9. The number of amides is 2. The second kappa shape index (κ2) is 9.03. The maximum Gasteiger partial charge on any atom is 0.321 e. The number of likely N-dealkylation sites (tertiary alicyclic amines) is 1. The van der Waals surface area contributed by atoms with Crippen molar-refractivity contribution in [2.75, 3.05) is 37.9 Å². The Hall–Kier alpha value is -1.40. The van der Waals surface area contributed by atoms with E-state index in [1.807, 2.05) is 29.2 Å². The van der Waals surface area contributed by atoms with Gasteiger partial charge in [-0.3, -0.25) is 4.21 Å². The summed E-state index contributed by atoms with van der Waals surface area (Å²) in [4.78, 5) is 14.2. The average molecular weight is 338 g/mol. The molecule has 5 nitrogen and oxygen atoms in total. The van der Waals surface area contributed by atoms with Crippen molar-refractivity contribution in [1.82, 2.24) is 4.90 Å². The van der Waals surface area contributed by atoms with Crippen LogP contribution in [-0.4, -0.2) is 47.7 Å². The highest BCUT2D eigenvalue weighted by Crippen LogP contribution is 2.18. The van der Waals surface area contributed by atoms with Gasteiger partial charge in [-0.2, -0.15) is 0 Å². The van der Waals surface area contributed by atoms with E-state index >= 15 is 0 Å². The van der Waals surface area contributed by atoms with E-state index in [-0.39, 0.29) is 6.03 Å². The van der Waals surface area contributed by atoms with Crippen LogP contribution in [0.4, 0.5) is 10.5 Å². The normalized spacial score (nSPS) is 19.4. The first kappa shape index (κ1) is 17.9. The zero-order chi connectivity index (χ0) is 16.7. The fraction of sp³-hybridized carbons (Fsp3) is 0.588. The number of carbonyl (C=O) groups is 1. The smallest absolute Gasteiger partial charge is 0.321 e. The lowest BCUT2D eigenvalue weighted by Crippen LogP contribution is -2.41. The minimum absolute atomic E-state index is 0.0470. The molecule has 1 aliphatic heterocycles. The number of anilines is 1. The monoisotopic (exact) mass is 338 g/mol. The SMILES string of the molecule is COCC[S@@](=O)Cc1cccc(NC(=O)N2CCC[C@H](C)C2)c1. The lowest BCUT2D eigenvalue weighted by atomic mass is 10.0. The fourth-order valence-corrected chi connectivity index (χ4v) is 3.80. The van der Waals surface area contributed by atoms with Crippen LogP contribution in [0.3, 0.4) is 0 Å². The highest BCUT2D eigenvalue weighted by Gasteiger charge is 2.20. The zero-order valence-corrected chi connectivity index (χ0v) is 14.7. The van der Waals surface area contributed by atoms with Gasteiger partial charge in [0.15, 0.2) is 0 Å². The Morgan fingerprint density at radius 1 is 1.48 bits per heavy atom. The summed E-state index contributed by atoms with van der Waals surface area (Å²) in [6, 6.07) is 7.54. The number of carbonyl (C=O) groups excluding carboxylic acids is 1. The van der Waals surface area contributed by atoms with Gasteiger partial charge in [-0.1, -0.05) is 19.1 Å². The largest absolute Gasteiger partial charge is 0.384 e. The van der Waals surface area contributed by atoms with Crippen molar-refractivity contribution in [3.63, 3.8) is 0 Å². The van der Waals surface area contributed by atoms with E-state index < -0.39 is 10.8 Å². The van der Waals surface area contributed by atoms with Crippen molar-refractivity contribution in [3.8, 4) is 0 Å². The topological polar surface area (TPSA) is 58.6 Å². The minimum atomic E-state index is -0.949. The van der Waals surface area contributed by atoms with Crippen molar-refractivity contribution in [1.29, 1.82) is 0 Å². The molecule has 0 spiro atoms. The molecular weight excluding hydrogens is 312 g/mol. The predicted molar refractivity (Wildman–Crippen MR) is 94.0 cm³/mol. The Morgan fingerprint density at radius 2 is 2.30 bits per heavy atom. The summed E-state index contributed by atoms with van der Waals surface area (Å²) in [7, 11) is 0.657. The van der Waals surface area contributed by atoms with Gasteiger partial charge in [-0.15, -0.1) is 0 Å². The molecule has 2 atom stereocenters. The van der Waals surface area contributed by atoms with Crippen LogP contribution in [0.15, 0.2) is 24.3 Å². The molecular formula is C17H26N2O3S. The van der Waals surface area contributed by atoms with E-state index in [0.717, 1.165) is 30.8 Å². The first-order valence-corrected chi connectivity index (χ1v) is 9.56. The molecule has 23 heavy (non-hydrogen) atoms. The number of ether oxygens (including phenoxy) is 1. The van der Waals surface area contributed by atoms with E-state index in [1.54, 1.807) is 7.11 Å². The first-order chi connectivity index (χ1) is 11.1. The summed E-state index contributed by atoms with van der Waals surface area (Å²) in [5.41, 5.74) is 1.72. The Morgan fingerprint density at radius 3 is 3.04 bits per heavy atom. The number of nitrogens with zero attached hydrogens (tertiary/aromatic N) is 1. The van der Waals surface area contributed by atoms with Gasteiger partial charge in [0.1, 0.15) is 0 Å². The summed E-state index contributed by atoms with van der Waals surface area (Å²) in [6.07, 6.45) is 2.25. The lowest BCUT2D eigenvalue weighted by molar-refractivity contribution is 0.182. The highest BCUT2D eigenvalue weighted by atomic mass is 32.2. The van der Waals surface area contributed by atoms with Gasteiger partial charge >= 0.3 is 6.03 Å². The van der Waals surface area contributed by atoms with Crippen LogP contribution >= 0.6 is 0 Å². The van der Waals surface area contributed by atoms with Gasteiger partial charge in [0.25, 0.3) is 0 Å². The molecule has 0 radical (unpaired) electrons. The van der Waals surface area contributed by atoms with Crippen molar-refractivity contribution < 1.29 is 13.7 Å². The van der Waals surface area contributed by atoms with Crippen LogP contribution in [0.2, 0.25) is 0 Å². The number of benzene rings is 1. The Balaban J connectivity index is 1.91. The summed E-state index contributed by atoms with van der Waals surface area (Å²) >= 11 is 0. The van der Waals surface area contributed by atoms with Crippen molar-refractivity contribution in [2.24, 2.45) is 5.92 Å². The van der Waals surface area contributed by atoms with Crippen molar-refractivity contribution in [2.45, 2.75) is 25.5 Å². The van der Waals surface area contributed by atoms with Crippen molar-refractivity contribution in [3.05, 3.63) is 29.8 Å². The van der Waals surface area contributed by atoms with E-state index in [1.165, 1.54) is 6.42 Å². The molecule has 2 rings (SSSR count). The number of hydrogen-bond donors (Lipinski definition) is 1. The third kappa shape index (κ3) is 5.95. The summed E-state index contributed by atoms with van der Waals surface area (Å²) in [5.74, 6) is 1.57. The maximum atomic E-state index is 12.3. The number of urea groups is 1. The number of methoxy groups -OCH3 is 1. The van der Waals surface area contributed by atoms with E-state index in [2.05, 4.69) is 12.2 Å². The first-order valence-electron chi connectivity index (χ1n) is 8.07. The molecule has 1 aliphatic rings. The Bertz CT molecular complexity index is 550. The van der Waals surface area contributed by atoms with Crippen molar-refractivity contribution >= 4 is 22.5 Å². The Kier molecular flexibility index (Phi) is 7.05. The standard InChI is InChI=1S/C17H26N2O3S/c1-14-5-4-8-19(12-14)17(20)18-16-7-3-6-15(11-16)13-23(21)10-9-22-2/h3,6-7,11,14H,4-5,8-10,12-13H2,1-2H3,(H,18,20)/t14-,23+/m0/s1. The van der Waals surface area contributed by atoms with Crippen LogP contribution in [0, 0.1) is 5.92 Å². The molecule has 1 N–H and O–H groups in total. The molecule has 1 saturated heterocycles. The second-order valence-electron chi connectivity index (χ2n) is 6.11. The highest BCUT2D eigenvalue weighted by molar-refractivity contribution is 7.84. The van der Waals surface area contributed by atoms with E-state index in [9.17, 15) is 9.00 Å².